The molecule has 0 spiro atoms. The maximum absolute atomic E-state index is 13.6. The van der Waals surface area contributed by atoms with Crippen molar-refractivity contribution in [3.05, 3.63) is 82.9 Å². The molecule has 0 bridgehead atoms. The van der Waals surface area contributed by atoms with Gasteiger partial charge in [0, 0.05) is 17.8 Å². The molecule has 0 fully saturated rings. The number of benzene rings is 2. The van der Waals surface area contributed by atoms with Gasteiger partial charge in [0.05, 0.1) is 24.3 Å². The number of carboxylic acid groups (broad SMARTS) is 1. The van der Waals surface area contributed by atoms with Crippen LogP contribution in [0.2, 0.25) is 0 Å². The zero-order valence-electron chi connectivity index (χ0n) is 21.1. The summed E-state index contributed by atoms with van der Waals surface area (Å²) in [7, 11) is 0. The van der Waals surface area contributed by atoms with Crippen LogP contribution in [0.1, 0.15) is 66.3 Å². The van der Waals surface area contributed by atoms with Crippen molar-refractivity contribution < 1.29 is 29.3 Å². The Balaban J connectivity index is 0.00000507. The third-order valence-corrected chi connectivity index (χ3v) is 6.10. The predicted molar refractivity (Wildman–Crippen MR) is 144 cm³/mol. The summed E-state index contributed by atoms with van der Waals surface area (Å²) >= 11 is 0. The summed E-state index contributed by atoms with van der Waals surface area (Å²) in [6.45, 7) is 4.33. The van der Waals surface area contributed by atoms with Crippen LogP contribution in [0.5, 0.6) is 0 Å². The molecular weight excluding hydrogens is 500 g/mol. The van der Waals surface area contributed by atoms with Gasteiger partial charge in [-0.05, 0) is 61.4 Å². The quantitative estimate of drug-likeness (QED) is 0.250. The fourth-order valence-corrected chi connectivity index (χ4v) is 4.34. The van der Waals surface area contributed by atoms with Gasteiger partial charge in [-0.25, -0.2) is 9.07 Å². The van der Waals surface area contributed by atoms with E-state index < -0.39 is 30.4 Å². The number of carbonyl (C=O) groups excluding carboxylic acids is 1. The Bertz CT molecular complexity index is 1190. The second-order valence-electron chi connectivity index (χ2n) is 9.42. The van der Waals surface area contributed by atoms with Crippen LogP contribution in [0.3, 0.4) is 0 Å². The molecule has 10 heteroatoms. The summed E-state index contributed by atoms with van der Waals surface area (Å²) in [6, 6.07) is 15.6. The molecular formula is C28H35FN3NaO5. The van der Waals surface area contributed by atoms with E-state index in [1.165, 1.54) is 12.1 Å². The Labute approximate surface area is 244 Å². The van der Waals surface area contributed by atoms with Gasteiger partial charge in [0.1, 0.15) is 5.82 Å². The average molecular weight is 536 g/mol. The predicted octanol–water partition coefficient (Wildman–Crippen LogP) is 2.98. The first kappa shape index (κ1) is 31.7. The number of hydrogen-bond donors (Lipinski definition) is 4. The molecule has 0 aliphatic heterocycles. The molecule has 1 aromatic heterocycles. The molecule has 38 heavy (non-hydrogen) atoms. The first-order chi connectivity index (χ1) is 17.7. The normalized spacial score (nSPS) is 12.6. The SMILES string of the molecule is CC(C)c1c(C(=O)NCCc2ccccc2)nn(-c2ccc(F)cc2)c1CC[C@@H](O)C[C@@H](O)CC(=O)O.[NaH]. The van der Waals surface area contributed by atoms with E-state index in [1.54, 1.807) is 16.8 Å². The van der Waals surface area contributed by atoms with Gasteiger partial charge in [-0.2, -0.15) is 5.10 Å². The average Bonchev–Trinajstić information content (AvgIpc) is 3.23. The maximum atomic E-state index is 13.6. The van der Waals surface area contributed by atoms with Crippen molar-refractivity contribution in [1.82, 2.24) is 15.1 Å². The van der Waals surface area contributed by atoms with E-state index >= 15 is 0 Å². The summed E-state index contributed by atoms with van der Waals surface area (Å²) in [6.07, 6.45) is -1.44. The van der Waals surface area contributed by atoms with Crippen LogP contribution in [-0.4, -0.2) is 85.3 Å². The van der Waals surface area contributed by atoms with E-state index in [0.717, 1.165) is 11.1 Å². The molecule has 0 radical (unpaired) electrons. The van der Waals surface area contributed by atoms with Crippen LogP contribution in [-0.2, 0) is 17.6 Å². The molecule has 0 saturated heterocycles. The van der Waals surface area contributed by atoms with Crippen LogP contribution < -0.4 is 5.32 Å². The van der Waals surface area contributed by atoms with Crippen LogP contribution in [0, 0.1) is 5.82 Å². The van der Waals surface area contributed by atoms with Gasteiger partial charge < -0.3 is 20.6 Å². The molecule has 0 aliphatic carbocycles. The van der Waals surface area contributed by atoms with Crippen molar-refractivity contribution in [2.75, 3.05) is 6.54 Å². The number of rotatable bonds is 13. The number of halogens is 1. The van der Waals surface area contributed by atoms with E-state index in [-0.39, 0.29) is 59.9 Å². The standard InChI is InChI=1S/C28H34FN3O5.Na.H/c1-18(2)26-24(13-12-22(33)16-23(34)17-25(35)36)32(21-10-8-20(29)9-11-21)31-27(26)28(37)30-15-14-19-6-4-3-5-7-19;;/h3-11,18,22-23,33-34H,12-17H2,1-2H3,(H,30,37)(H,35,36);;/t22-,23-;;/m1../s1. The summed E-state index contributed by atoms with van der Waals surface area (Å²) < 4.78 is 15.2. The van der Waals surface area contributed by atoms with Crippen molar-refractivity contribution in [3.8, 4) is 5.69 Å². The molecule has 200 valence electrons. The number of nitrogens with one attached hydrogen (secondary N) is 1. The van der Waals surface area contributed by atoms with Gasteiger partial charge >= 0.3 is 35.5 Å². The van der Waals surface area contributed by atoms with Crippen molar-refractivity contribution in [2.45, 2.75) is 64.1 Å². The topological polar surface area (TPSA) is 125 Å². The third-order valence-electron chi connectivity index (χ3n) is 6.10. The molecule has 3 aromatic rings. The van der Waals surface area contributed by atoms with Gasteiger partial charge in [-0.1, -0.05) is 44.2 Å². The molecule has 0 aliphatic rings. The van der Waals surface area contributed by atoms with E-state index in [0.29, 0.717) is 30.8 Å². The van der Waals surface area contributed by atoms with Crippen LogP contribution in [0.4, 0.5) is 4.39 Å². The molecule has 3 rings (SSSR count). The Kier molecular flexibility index (Phi) is 12.6. The Hall–Kier alpha value is -2.56. The van der Waals surface area contributed by atoms with E-state index in [1.807, 2.05) is 44.2 Å². The third kappa shape index (κ3) is 9.03. The van der Waals surface area contributed by atoms with Crippen molar-refractivity contribution >= 4 is 41.4 Å². The van der Waals surface area contributed by atoms with Crippen LogP contribution >= 0.6 is 0 Å². The van der Waals surface area contributed by atoms with Crippen molar-refractivity contribution in [1.29, 1.82) is 0 Å². The molecule has 2 atom stereocenters. The number of aliphatic carboxylic acids is 1. The zero-order chi connectivity index (χ0) is 26.9. The minimum absolute atomic E-state index is 0. The summed E-state index contributed by atoms with van der Waals surface area (Å²) in [5, 5.41) is 36.7. The Morgan fingerprint density at radius 3 is 2.26 bits per heavy atom. The molecule has 1 amide bonds. The Morgan fingerprint density at radius 1 is 1.00 bits per heavy atom. The number of aliphatic hydroxyl groups is 2. The van der Waals surface area contributed by atoms with Crippen molar-refractivity contribution in [3.63, 3.8) is 0 Å². The van der Waals surface area contributed by atoms with Gasteiger partial charge in [0.25, 0.3) is 5.91 Å². The fourth-order valence-electron chi connectivity index (χ4n) is 4.34. The molecule has 8 nitrogen and oxygen atoms in total. The molecule has 0 unspecified atom stereocenters. The number of aliphatic hydroxyl groups excluding tert-OH is 2. The zero-order valence-corrected chi connectivity index (χ0v) is 21.1. The molecule has 0 saturated carbocycles. The van der Waals surface area contributed by atoms with E-state index in [2.05, 4.69) is 10.4 Å². The summed E-state index contributed by atoms with van der Waals surface area (Å²) in [5.41, 5.74) is 3.36. The number of nitrogens with zero attached hydrogens (tertiary/aromatic N) is 2. The molecule has 4 N–H and O–H groups in total. The second-order valence-corrected chi connectivity index (χ2v) is 9.42. The number of hydrogen-bond acceptors (Lipinski definition) is 5. The fraction of sp³-hybridized carbons (Fsp3) is 0.393. The van der Waals surface area contributed by atoms with Crippen LogP contribution in [0.15, 0.2) is 54.6 Å². The number of carbonyl (C=O) groups is 2. The van der Waals surface area contributed by atoms with Gasteiger partial charge in [0.2, 0.25) is 0 Å². The molecule has 2 aromatic carbocycles. The summed E-state index contributed by atoms with van der Waals surface area (Å²) in [5.74, 6) is -1.93. The number of amides is 1. The second kappa shape index (κ2) is 15.1. The number of carboxylic acids is 1. The number of aromatic nitrogens is 2. The van der Waals surface area contributed by atoms with E-state index in [9.17, 15) is 24.2 Å². The van der Waals surface area contributed by atoms with Crippen LogP contribution in [0.25, 0.3) is 5.69 Å². The molecule has 1 heterocycles. The Morgan fingerprint density at radius 2 is 1.66 bits per heavy atom. The monoisotopic (exact) mass is 535 g/mol. The summed E-state index contributed by atoms with van der Waals surface area (Å²) in [4.78, 5) is 24.0. The van der Waals surface area contributed by atoms with Gasteiger partial charge in [-0.3, -0.25) is 9.59 Å². The van der Waals surface area contributed by atoms with Crippen molar-refractivity contribution in [2.24, 2.45) is 0 Å². The van der Waals surface area contributed by atoms with Gasteiger partial charge in [-0.15, -0.1) is 0 Å². The first-order valence-electron chi connectivity index (χ1n) is 12.4. The minimum atomic E-state index is -1.16. The van der Waals surface area contributed by atoms with Gasteiger partial charge in [0.15, 0.2) is 5.69 Å². The van der Waals surface area contributed by atoms with E-state index in [4.69, 9.17) is 5.11 Å². The first-order valence-corrected chi connectivity index (χ1v) is 12.4.